The first-order chi connectivity index (χ1) is 7.65. The third-order valence-corrected chi connectivity index (χ3v) is 3.35. The molecule has 3 heteroatoms. The first-order valence-electron chi connectivity index (χ1n) is 5.84. The summed E-state index contributed by atoms with van der Waals surface area (Å²) >= 11 is 0. The van der Waals surface area contributed by atoms with Crippen LogP contribution < -0.4 is 0 Å². The maximum absolute atomic E-state index is 10.2. The van der Waals surface area contributed by atoms with Crippen LogP contribution in [0.4, 0.5) is 0 Å². The smallest absolute Gasteiger partial charge is 0.0752 e. The fourth-order valence-electron chi connectivity index (χ4n) is 2.20. The van der Waals surface area contributed by atoms with E-state index >= 15 is 0 Å². The molecule has 1 aromatic heterocycles. The van der Waals surface area contributed by atoms with Crippen molar-refractivity contribution in [2.24, 2.45) is 0 Å². The summed E-state index contributed by atoms with van der Waals surface area (Å²) in [6, 6.07) is 4.09. The van der Waals surface area contributed by atoms with E-state index in [2.05, 4.69) is 18.0 Å². The molecule has 0 amide bonds. The van der Waals surface area contributed by atoms with E-state index < -0.39 is 5.60 Å². The van der Waals surface area contributed by atoms with Crippen molar-refractivity contribution in [1.82, 2.24) is 4.98 Å². The minimum atomic E-state index is -0.596. The van der Waals surface area contributed by atoms with Crippen LogP contribution in [-0.2, 0) is 17.6 Å². The molecule has 1 aliphatic rings. The summed E-state index contributed by atoms with van der Waals surface area (Å²) in [4.78, 5) is 4.37. The highest BCUT2D eigenvalue weighted by Crippen LogP contribution is 2.36. The highest BCUT2D eigenvalue weighted by molar-refractivity contribution is 5.16. The van der Waals surface area contributed by atoms with Gasteiger partial charge in [-0.2, -0.15) is 0 Å². The molecule has 16 heavy (non-hydrogen) atoms. The predicted molar refractivity (Wildman–Crippen MR) is 62.3 cm³/mol. The van der Waals surface area contributed by atoms with Crippen LogP contribution >= 0.6 is 0 Å². The summed E-state index contributed by atoms with van der Waals surface area (Å²) in [6.45, 7) is 2.11. The second-order valence-corrected chi connectivity index (χ2v) is 4.68. The zero-order chi connectivity index (χ0) is 11.6. The van der Waals surface area contributed by atoms with E-state index in [4.69, 9.17) is 4.74 Å². The Morgan fingerprint density at radius 2 is 2.25 bits per heavy atom. The number of rotatable bonds is 4. The van der Waals surface area contributed by atoms with E-state index in [0.29, 0.717) is 6.42 Å². The van der Waals surface area contributed by atoms with Crippen LogP contribution in [0.5, 0.6) is 0 Å². The molecule has 0 unspecified atom stereocenters. The number of ether oxygens (including phenoxy) is 1. The molecule has 0 spiro atoms. The van der Waals surface area contributed by atoms with Gasteiger partial charge < -0.3 is 9.84 Å². The van der Waals surface area contributed by atoms with Gasteiger partial charge in [0.05, 0.1) is 11.7 Å². The van der Waals surface area contributed by atoms with Crippen molar-refractivity contribution in [3.63, 3.8) is 0 Å². The lowest BCUT2D eigenvalue weighted by Gasteiger charge is -2.42. The lowest BCUT2D eigenvalue weighted by Crippen LogP contribution is -2.49. The van der Waals surface area contributed by atoms with E-state index in [1.165, 1.54) is 5.56 Å². The molecule has 0 atom stereocenters. The number of aryl methyl sites for hydroxylation is 1. The van der Waals surface area contributed by atoms with Gasteiger partial charge in [-0.3, -0.25) is 4.98 Å². The second-order valence-electron chi connectivity index (χ2n) is 4.68. The van der Waals surface area contributed by atoms with Gasteiger partial charge in [0.15, 0.2) is 0 Å². The number of hydrogen-bond donors (Lipinski definition) is 1. The molecule has 3 nitrogen and oxygen atoms in total. The molecule has 1 saturated carbocycles. The first kappa shape index (κ1) is 11.6. The second kappa shape index (κ2) is 4.52. The zero-order valence-electron chi connectivity index (χ0n) is 9.94. The molecule has 1 N–H and O–H groups in total. The molecule has 0 saturated heterocycles. The van der Waals surface area contributed by atoms with Crippen molar-refractivity contribution in [2.45, 2.75) is 44.3 Å². The average Bonchev–Trinajstić information content (AvgIpc) is 2.26. The van der Waals surface area contributed by atoms with Crippen molar-refractivity contribution in [3.05, 3.63) is 29.6 Å². The molecule has 0 radical (unpaired) electrons. The Labute approximate surface area is 96.5 Å². The van der Waals surface area contributed by atoms with Gasteiger partial charge in [0, 0.05) is 38.3 Å². The van der Waals surface area contributed by atoms with Crippen LogP contribution in [0.2, 0.25) is 0 Å². The monoisotopic (exact) mass is 221 g/mol. The van der Waals surface area contributed by atoms with E-state index in [1.807, 2.05) is 12.3 Å². The standard InChI is InChI=1S/C13H19NO2/c1-3-10-4-5-11(14-9-10)6-13(15)7-12(8-13)16-2/h4-5,9,12,15H,3,6-8H2,1-2H3. The molecular formula is C13H19NO2. The van der Waals surface area contributed by atoms with Crippen molar-refractivity contribution >= 4 is 0 Å². The number of aromatic nitrogens is 1. The van der Waals surface area contributed by atoms with Gasteiger partial charge in [-0.25, -0.2) is 0 Å². The number of nitrogens with zero attached hydrogens (tertiary/aromatic N) is 1. The van der Waals surface area contributed by atoms with Crippen LogP contribution in [0.15, 0.2) is 18.3 Å². The molecule has 1 aromatic rings. The lowest BCUT2D eigenvalue weighted by atomic mass is 9.74. The third kappa shape index (κ3) is 2.42. The Morgan fingerprint density at radius 1 is 1.50 bits per heavy atom. The highest BCUT2D eigenvalue weighted by atomic mass is 16.5. The van der Waals surface area contributed by atoms with Gasteiger partial charge in [0.2, 0.25) is 0 Å². The van der Waals surface area contributed by atoms with E-state index in [0.717, 1.165) is 25.0 Å². The summed E-state index contributed by atoms with van der Waals surface area (Å²) in [5, 5.41) is 10.2. The van der Waals surface area contributed by atoms with Gasteiger partial charge >= 0.3 is 0 Å². The topological polar surface area (TPSA) is 42.4 Å². The lowest BCUT2D eigenvalue weighted by molar-refractivity contribution is -0.126. The minimum Gasteiger partial charge on any atom is -0.389 e. The van der Waals surface area contributed by atoms with Gasteiger partial charge in [0.1, 0.15) is 0 Å². The fourth-order valence-corrected chi connectivity index (χ4v) is 2.20. The van der Waals surface area contributed by atoms with Crippen LogP contribution in [0.25, 0.3) is 0 Å². The normalized spacial score (nSPS) is 28.8. The van der Waals surface area contributed by atoms with Crippen molar-refractivity contribution in [3.8, 4) is 0 Å². The van der Waals surface area contributed by atoms with Crippen LogP contribution in [0, 0.1) is 0 Å². The fraction of sp³-hybridized carbons (Fsp3) is 0.615. The quantitative estimate of drug-likeness (QED) is 0.842. The molecule has 0 aromatic carbocycles. The summed E-state index contributed by atoms with van der Waals surface area (Å²) in [5.41, 5.74) is 1.61. The van der Waals surface area contributed by atoms with Crippen LogP contribution in [0.1, 0.15) is 31.0 Å². The Hall–Kier alpha value is -0.930. The molecule has 2 rings (SSSR count). The Kier molecular flexibility index (Phi) is 3.26. The maximum Gasteiger partial charge on any atom is 0.0752 e. The molecule has 88 valence electrons. The predicted octanol–water partition coefficient (Wildman–Crippen LogP) is 1.73. The SMILES string of the molecule is CCc1ccc(CC2(O)CC(OC)C2)nc1. The summed E-state index contributed by atoms with van der Waals surface area (Å²) in [7, 11) is 1.69. The van der Waals surface area contributed by atoms with Crippen LogP contribution in [0.3, 0.4) is 0 Å². The Balaban J connectivity index is 1.94. The summed E-state index contributed by atoms with van der Waals surface area (Å²) < 4.78 is 5.18. The number of aliphatic hydroxyl groups is 1. The average molecular weight is 221 g/mol. The number of pyridine rings is 1. The maximum atomic E-state index is 10.2. The zero-order valence-corrected chi connectivity index (χ0v) is 9.94. The summed E-state index contributed by atoms with van der Waals surface area (Å²) in [6.07, 6.45) is 5.20. The molecule has 0 bridgehead atoms. The first-order valence-corrected chi connectivity index (χ1v) is 5.84. The third-order valence-electron chi connectivity index (χ3n) is 3.35. The molecule has 1 aliphatic carbocycles. The Morgan fingerprint density at radius 3 is 2.75 bits per heavy atom. The molecule has 0 aliphatic heterocycles. The number of methoxy groups -OCH3 is 1. The van der Waals surface area contributed by atoms with Gasteiger partial charge in [-0.1, -0.05) is 13.0 Å². The van der Waals surface area contributed by atoms with Crippen molar-refractivity contribution in [1.29, 1.82) is 0 Å². The number of hydrogen-bond acceptors (Lipinski definition) is 3. The Bertz CT molecular complexity index is 341. The minimum absolute atomic E-state index is 0.222. The summed E-state index contributed by atoms with van der Waals surface area (Å²) in [5.74, 6) is 0. The van der Waals surface area contributed by atoms with Crippen molar-refractivity contribution in [2.75, 3.05) is 7.11 Å². The van der Waals surface area contributed by atoms with Gasteiger partial charge in [-0.05, 0) is 18.1 Å². The van der Waals surface area contributed by atoms with Gasteiger partial charge in [-0.15, -0.1) is 0 Å². The van der Waals surface area contributed by atoms with E-state index in [-0.39, 0.29) is 6.10 Å². The van der Waals surface area contributed by atoms with E-state index in [9.17, 15) is 5.11 Å². The molecule has 1 heterocycles. The van der Waals surface area contributed by atoms with E-state index in [1.54, 1.807) is 7.11 Å². The van der Waals surface area contributed by atoms with Crippen LogP contribution in [-0.4, -0.2) is 28.9 Å². The van der Waals surface area contributed by atoms with Crippen molar-refractivity contribution < 1.29 is 9.84 Å². The van der Waals surface area contributed by atoms with Gasteiger partial charge in [0.25, 0.3) is 0 Å². The molecular weight excluding hydrogens is 202 g/mol. The largest absolute Gasteiger partial charge is 0.389 e. The highest BCUT2D eigenvalue weighted by Gasteiger charge is 2.43. The molecule has 1 fully saturated rings.